The Morgan fingerprint density at radius 3 is 2.75 bits per heavy atom. The van der Waals surface area contributed by atoms with Crippen molar-refractivity contribution < 1.29 is 4.74 Å². The summed E-state index contributed by atoms with van der Waals surface area (Å²) in [4.78, 5) is 4.31. The van der Waals surface area contributed by atoms with E-state index in [1.54, 1.807) is 0 Å². The van der Waals surface area contributed by atoms with Gasteiger partial charge in [0.1, 0.15) is 5.82 Å². The molecule has 4 heteroatoms. The number of aromatic nitrogens is 3. The van der Waals surface area contributed by atoms with Crippen molar-refractivity contribution in [2.75, 3.05) is 6.61 Å². The SMILES string of the molecule is Cc1nc2ccc(CCOCc3ccccc3)cn2n1. The Morgan fingerprint density at radius 1 is 1.05 bits per heavy atom. The third kappa shape index (κ3) is 3.03. The van der Waals surface area contributed by atoms with Gasteiger partial charge in [-0.2, -0.15) is 5.10 Å². The van der Waals surface area contributed by atoms with E-state index in [9.17, 15) is 0 Å². The van der Waals surface area contributed by atoms with Gasteiger partial charge in [-0.15, -0.1) is 0 Å². The Bertz CT molecular complexity index is 691. The number of benzene rings is 1. The molecule has 0 aliphatic rings. The summed E-state index contributed by atoms with van der Waals surface area (Å²) in [5.41, 5.74) is 3.29. The molecule has 0 saturated carbocycles. The number of hydrogen-bond donors (Lipinski definition) is 0. The van der Waals surface area contributed by atoms with Crippen LogP contribution in [0.4, 0.5) is 0 Å². The molecular formula is C16H17N3O. The van der Waals surface area contributed by atoms with Crippen molar-refractivity contribution in [3.05, 3.63) is 65.6 Å². The highest BCUT2D eigenvalue weighted by Crippen LogP contribution is 2.06. The lowest BCUT2D eigenvalue weighted by Gasteiger charge is -2.05. The van der Waals surface area contributed by atoms with Gasteiger partial charge >= 0.3 is 0 Å². The van der Waals surface area contributed by atoms with E-state index >= 15 is 0 Å². The molecule has 0 amide bonds. The van der Waals surface area contributed by atoms with Crippen molar-refractivity contribution in [1.82, 2.24) is 14.6 Å². The lowest BCUT2D eigenvalue weighted by Crippen LogP contribution is -2.00. The van der Waals surface area contributed by atoms with Gasteiger partial charge in [0, 0.05) is 6.20 Å². The number of hydrogen-bond acceptors (Lipinski definition) is 3. The van der Waals surface area contributed by atoms with Crippen LogP contribution in [0.5, 0.6) is 0 Å². The molecule has 0 aliphatic carbocycles. The van der Waals surface area contributed by atoms with Gasteiger partial charge in [-0.05, 0) is 30.5 Å². The monoisotopic (exact) mass is 267 g/mol. The maximum atomic E-state index is 5.70. The molecule has 0 fully saturated rings. The molecule has 0 aliphatic heterocycles. The topological polar surface area (TPSA) is 39.4 Å². The number of pyridine rings is 1. The summed E-state index contributed by atoms with van der Waals surface area (Å²) in [5, 5.41) is 4.31. The van der Waals surface area contributed by atoms with Gasteiger partial charge in [-0.1, -0.05) is 36.4 Å². The summed E-state index contributed by atoms with van der Waals surface area (Å²) in [6.07, 6.45) is 2.89. The van der Waals surface area contributed by atoms with Gasteiger partial charge in [-0.3, -0.25) is 0 Å². The first-order valence-corrected chi connectivity index (χ1v) is 6.75. The fourth-order valence-corrected chi connectivity index (χ4v) is 2.14. The Morgan fingerprint density at radius 2 is 1.90 bits per heavy atom. The fourth-order valence-electron chi connectivity index (χ4n) is 2.14. The van der Waals surface area contributed by atoms with E-state index in [2.05, 4.69) is 28.3 Å². The van der Waals surface area contributed by atoms with Gasteiger partial charge in [0.15, 0.2) is 5.65 Å². The summed E-state index contributed by atoms with van der Waals surface area (Å²) in [5.74, 6) is 0.794. The predicted molar refractivity (Wildman–Crippen MR) is 77.5 cm³/mol. The molecule has 20 heavy (non-hydrogen) atoms. The van der Waals surface area contributed by atoms with E-state index in [1.807, 2.05) is 41.9 Å². The first kappa shape index (κ1) is 12.8. The Hall–Kier alpha value is -2.20. The van der Waals surface area contributed by atoms with E-state index in [4.69, 9.17) is 4.74 Å². The van der Waals surface area contributed by atoms with E-state index in [0.717, 1.165) is 17.9 Å². The smallest absolute Gasteiger partial charge is 0.155 e. The fraction of sp³-hybridized carbons (Fsp3) is 0.250. The van der Waals surface area contributed by atoms with Crippen molar-refractivity contribution in [1.29, 1.82) is 0 Å². The minimum absolute atomic E-state index is 0.658. The van der Waals surface area contributed by atoms with E-state index in [1.165, 1.54) is 11.1 Å². The highest BCUT2D eigenvalue weighted by Gasteiger charge is 2.01. The van der Waals surface area contributed by atoms with E-state index in [0.29, 0.717) is 13.2 Å². The summed E-state index contributed by atoms with van der Waals surface area (Å²) in [6.45, 7) is 3.26. The van der Waals surface area contributed by atoms with Crippen LogP contribution < -0.4 is 0 Å². The molecule has 1 aromatic carbocycles. The Labute approximate surface area is 118 Å². The van der Waals surface area contributed by atoms with Gasteiger partial charge in [0.2, 0.25) is 0 Å². The minimum atomic E-state index is 0.658. The van der Waals surface area contributed by atoms with Crippen molar-refractivity contribution in [2.24, 2.45) is 0 Å². The standard InChI is InChI=1S/C16H17N3O/c1-13-17-16-8-7-14(11-19(16)18-13)9-10-20-12-15-5-3-2-4-6-15/h2-8,11H,9-10,12H2,1H3. The van der Waals surface area contributed by atoms with Crippen molar-refractivity contribution >= 4 is 5.65 Å². The molecule has 0 saturated heterocycles. The zero-order chi connectivity index (χ0) is 13.8. The van der Waals surface area contributed by atoms with E-state index in [-0.39, 0.29) is 0 Å². The highest BCUT2D eigenvalue weighted by molar-refractivity contribution is 5.38. The van der Waals surface area contributed by atoms with Gasteiger partial charge in [0.25, 0.3) is 0 Å². The van der Waals surface area contributed by atoms with Crippen LogP contribution in [0, 0.1) is 6.92 Å². The maximum Gasteiger partial charge on any atom is 0.155 e. The van der Waals surface area contributed by atoms with Crippen molar-refractivity contribution in [3.63, 3.8) is 0 Å². The third-order valence-electron chi connectivity index (χ3n) is 3.14. The van der Waals surface area contributed by atoms with Gasteiger partial charge in [0.05, 0.1) is 13.2 Å². The highest BCUT2D eigenvalue weighted by atomic mass is 16.5. The van der Waals surface area contributed by atoms with Gasteiger partial charge < -0.3 is 4.74 Å². The lowest BCUT2D eigenvalue weighted by atomic mass is 10.2. The van der Waals surface area contributed by atoms with Crippen LogP contribution in [-0.2, 0) is 17.8 Å². The van der Waals surface area contributed by atoms with Crippen LogP contribution in [0.1, 0.15) is 17.0 Å². The van der Waals surface area contributed by atoms with Crippen molar-refractivity contribution in [2.45, 2.75) is 20.0 Å². The second kappa shape index (κ2) is 5.84. The van der Waals surface area contributed by atoms with Crippen LogP contribution in [0.2, 0.25) is 0 Å². The second-order valence-corrected chi connectivity index (χ2v) is 4.79. The number of ether oxygens (including phenoxy) is 1. The molecule has 102 valence electrons. The van der Waals surface area contributed by atoms with Crippen LogP contribution in [0.25, 0.3) is 5.65 Å². The predicted octanol–water partition coefficient (Wildman–Crippen LogP) is 2.80. The molecule has 0 bridgehead atoms. The second-order valence-electron chi connectivity index (χ2n) is 4.79. The molecule has 3 rings (SSSR count). The molecule has 3 aromatic rings. The average molecular weight is 267 g/mol. The number of aryl methyl sites for hydroxylation is 1. The Balaban J connectivity index is 1.54. The summed E-state index contributed by atoms with van der Waals surface area (Å²) in [7, 11) is 0. The third-order valence-corrected chi connectivity index (χ3v) is 3.14. The quantitative estimate of drug-likeness (QED) is 0.667. The summed E-state index contributed by atoms with van der Waals surface area (Å²) < 4.78 is 7.52. The van der Waals surface area contributed by atoms with Crippen LogP contribution in [0.3, 0.4) is 0 Å². The average Bonchev–Trinajstić information content (AvgIpc) is 2.84. The molecular weight excluding hydrogens is 250 g/mol. The van der Waals surface area contributed by atoms with Crippen molar-refractivity contribution in [3.8, 4) is 0 Å². The zero-order valence-electron chi connectivity index (χ0n) is 11.5. The Kier molecular flexibility index (Phi) is 3.74. The van der Waals surface area contributed by atoms with Crippen LogP contribution in [-0.4, -0.2) is 21.2 Å². The summed E-state index contributed by atoms with van der Waals surface area (Å²) in [6, 6.07) is 14.3. The van der Waals surface area contributed by atoms with Crippen LogP contribution in [0.15, 0.2) is 48.7 Å². The molecule has 0 N–H and O–H groups in total. The summed E-state index contributed by atoms with van der Waals surface area (Å²) >= 11 is 0. The molecule has 4 nitrogen and oxygen atoms in total. The molecule has 2 aromatic heterocycles. The first-order chi connectivity index (χ1) is 9.81. The zero-order valence-corrected chi connectivity index (χ0v) is 11.5. The maximum absolute atomic E-state index is 5.70. The molecule has 0 spiro atoms. The van der Waals surface area contributed by atoms with E-state index < -0.39 is 0 Å². The largest absolute Gasteiger partial charge is 0.376 e. The number of fused-ring (bicyclic) bond motifs is 1. The molecule has 0 radical (unpaired) electrons. The molecule has 0 atom stereocenters. The van der Waals surface area contributed by atoms with Gasteiger partial charge in [-0.25, -0.2) is 9.50 Å². The van der Waals surface area contributed by atoms with Crippen LogP contribution >= 0.6 is 0 Å². The lowest BCUT2D eigenvalue weighted by molar-refractivity contribution is 0.124. The molecule has 2 heterocycles. The number of nitrogens with zero attached hydrogens (tertiary/aromatic N) is 3. The molecule has 0 unspecified atom stereocenters. The number of rotatable bonds is 5. The normalized spacial score (nSPS) is 11.1. The minimum Gasteiger partial charge on any atom is -0.376 e. The first-order valence-electron chi connectivity index (χ1n) is 6.75.